The van der Waals surface area contributed by atoms with Gasteiger partial charge < -0.3 is 5.11 Å². The Morgan fingerprint density at radius 3 is 1.88 bits per heavy atom. The molecule has 0 atom stereocenters. The Bertz CT molecular complexity index is 1040. The number of phenols is 1. The first kappa shape index (κ1) is 15.1. The predicted molar refractivity (Wildman–Crippen MR) is 96.8 cm³/mol. The summed E-state index contributed by atoms with van der Waals surface area (Å²) in [5.74, 6) is -0.0449. The van der Waals surface area contributed by atoms with Crippen LogP contribution >= 0.6 is 0 Å². The Morgan fingerprint density at radius 1 is 0.600 bits per heavy atom. The maximum atomic E-state index is 12.7. The second-order valence-corrected chi connectivity index (χ2v) is 5.94. The number of carbonyl (C=O) groups is 2. The molecule has 1 aliphatic carbocycles. The molecule has 3 heteroatoms. The van der Waals surface area contributed by atoms with Crippen LogP contribution in [0.3, 0.4) is 0 Å². The highest BCUT2D eigenvalue weighted by Crippen LogP contribution is 2.28. The van der Waals surface area contributed by atoms with Gasteiger partial charge in [-0.05, 0) is 35.4 Å². The number of benzene rings is 3. The minimum Gasteiger partial charge on any atom is -0.508 e. The SMILES string of the molecule is O=C1c2ccccc2C(=O)c2cc(/C=C/c3cccc(O)c3)ccc21. The van der Waals surface area contributed by atoms with E-state index in [1.54, 1.807) is 54.6 Å². The van der Waals surface area contributed by atoms with E-state index in [1.807, 2.05) is 24.3 Å². The van der Waals surface area contributed by atoms with E-state index in [-0.39, 0.29) is 17.3 Å². The van der Waals surface area contributed by atoms with Crippen LogP contribution in [0, 0.1) is 0 Å². The van der Waals surface area contributed by atoms with Crippen LogP contribution in [-0.4, -0.2) is 16.7 Å². The molecule has 0 unspecified atom stereocenters. The first-order chi connectivity index (χ1) is 12.1. The number of aromatic hydroxyl groups is 1. The zero-order chi connectivity index (χ0) is 17.4. The van der Waals surface area contributed by atoms with Crippen molar-refractivity contribution in [2.24, 2.45) is 0 Å². The highest BCUT2D eigenvalue weighted by molar-refractivity contribution is 6.28. The molecule has 120 valence electrons. The Balaban J connectivity index is 1.73. The molecule has 0 bridgehead atoms. The molecule has 0 amide bonds. The molecule has 0 aromatic heterocycles. The lowest BCUT2D eigenvalue weighted by Crippen LogP contribution is -2.20. The summed E-state index contributed by atoms with van der Waals surface area (Å²) >= 11 is 0. The monoisotopic (exact) mass is 326 g/mol. The maximum absolute atomic E-state index is 12.7. The summed E-state index contributed by atoms with van der Waals surface area (Å²) in [6.07, 6.45) is 3.71. The van der Waals surface area contributed by atoms with Crippen molar-refractivity contribution >= 4 is 23.7 Å². The predicted octanol–water partition coefficient (Wildman–Crippen LogP) is 4.34. The summed E-state index contributed by atoms with van der Waals surface area (Å²) in [4.78, 5) is 25.3. The lowest BCUT2D eigenvalue weighted by atomic mass is 9.83. The van der Waals surface area contributed by atoms with E-state index in [1.165, 1.54) is 0 Å². The first-order valence-electron chi connectivity index (χ1n) is 7.93. The third-order valence-electron chi connectivity index (χ3n) is 4.29. The molecule has 0 aliphatic heterocycles. The third kappa shape index (κ3) is 2.66. The van der Waals surface area contributed by atoms with Crippen molar-refractivity contribution < 1.29 is 14.7 Å². The fourth-order valence-corrected chi connectivity index (χ4v) is 3.04. The largest absolute Gasteiger partial charge is 0.508 e. The van der Waals surface area contributed by atoms with Crippen molar-refractivity contribution in [2.45, 2.75) is 0 Å². The summed E-state index contributed by atoms with van der Waals surface area (Å²) in [5, 5.41) is 9.51. The van der Waals surface area contributed by atoms with Crippen LogP contribution in [0.5, 0.6) is 5.75 Å². The van der Waals surface area contributed by atoms with Gasteiger partial charge in [-0.15, -0.1) is 0 Å². The normalized spacial score (nSPS) is 13.0. The fraction of sp³-hybridized carbons (Fsp3) is 0. The number of rotatable bonds is 2. The second kappa shape index (κ2) is 5.87. The van der Waals surface area contributed by atoms with Gasteiger partial charge >= 0.3 is 0 Å². The molecule has 3 aromatic carbocycles. The minimum atomic E-state index is -0.127. The standard InChI is InChI=1S/C22H14O3/c23-16-5-3-4-14(12-16)8-9-15-10-11-19-20(13-15)22(25)18-7-2-1-6-17(18)21(19)24/h1-13,23H/b9-8+. The molecule has 0 saturated heterocycles. The zero-order valence-electron chi connectivity index (χ0n) is 13.3. The molecule has 25 heavy (non-hydrogen) atoms. The summed E-state index contributed by atoms with van der Waals surface area (Å²) in [7, 11) is 0. The van der Waals surface area contributed by atoms with Gasteiger partial charge in [-0.1, -0.05) is 54.6 Å². The molecule has 0 saturated carbocycles. The number of hydrogen-bond acceptors (Lipinski definition) is 3. The van der Waals surface area contributed by atoms with Gasteiger partial charge in [0.1, 0.15) is 5.75 Å². The van der Waals surface area contributed by atoms with Crippen LogP contribution in [0.1, 0.15) is 43.0 Å². The van der Waals surface area contributed by atoms with Gasteiger partial charge in [0.25, 0.3) is 0 Å². The molecule has 3 nitrogen and oxygen atoms in total. The average Bonchev–Trinajstić information content (AvgIpc) is 2.64. The van der Waals surface area contributed by atoms with Crippen LogP contribution in [0.2, 0.25) is 0 Å². The molecule has 0 heterocycles. The molecule has 1 N–H and O–H groups in total. The smallest absolute Gasteiger partial charge is 0.194 e. The van der Waals surface area contributed by atoms with Gasteiger partial charge in [0.15, 0.2) is 11.6 Å². The number of carbonyl (C=O) groups excluding carboxylic acids is 2. The van der Waals surface area contributed by atoms with Gasteiger partial charge in [-0.25, -0.2) is 0 Å². The Hall–Kier alpha value is -3.46. The van der Waals surface area contributed by atoms with Gasteiger partial charge in [0.05, 0.1) is 0 Å². The second-order valence-electron chi connectivity index (χ2n) is 5.94. The van der Waals surface area contributed by atoms with Crippen molar-refractivity contribution in [3.05, 3.63) is 100 Å². The highest BCUT2D eigenvalue weighted by atomic mass is 16.3. The van der Waals surface area contributed by atoms with E-state index in [9.17, 15) is 14.7 Å². The number of phenolic OH excluding ortho intramolecular Hbond substituents is 1. The molecule has 1 aliphatic rings. The third-order valence-corrected chi connectivity index (χ3v) is 4.29. The zero-order valence-corrected chi connectivity index (χ0v) is 13.3. The summed E-state index contributed by atoms with van der Waals surface area (Å²) < 4.78 is 0. The Morgan fingerprint density at radius 2 is 1.20 bits per heavy atom. The topological polar surface area (TPSA) is 54.4 Å². The average molecular weight is 326 g/mol. The van der Waals surface area contributed by atoms with Crippen molar-refractivity contribution in [2.75, 3.05) is 0 Å². The van der Waals surface area contributed by atoms with Crippen molar-refractivity contribution in [3.63, 3.8) is 0 Å². The minimum absolute atomic E-state index is 0.117. The number of fused-ring (bicyclic) bond motifs is 2. The van der Waals surface area contributed by atoms with E-state index in [0.29, 0.717) is 22.3 Å². The molecule has 3 aromatic rings. The van der Waals surface area contributed by atoms with Gasteiger partial charge in [-0.2, -0.15) is 0 Å². The fourth-order valence-electron chi connectivity index (χ4n) is 3.04. The molecular weight excluding hydrogens is 312 g/mol. The first-order valence-corrected chi connectivity index (χ1v) is 7.93. The van der Waals surface area contributed by atoms with Crippen molar-refractivity contribution in [3.8, 4) is 5.75 Å². The number of hydrogen-bond donors (Lipinski definition) is 1. The molecule has 0 spiro atoms. The summed E-state index contributed by atoms with van der Waals surface area (Å²) in [6.45, 7) is 0. The Labute approximate surface area is 144 Å². The quantitative estimate of drug-likeness (QED) is 0.558. The summed E-state index contributed by atoms with van der Waals surface area (Å²) in [6, 6.07) is 19.1. The lowest BCUT2D eigenvalue weighted by molar-refractivity contribution is 0.0979. The summed E-state index contributed by atoms with van der Waals surface area (Å²) in [5.41, 5.74) is 3.46. The van der Waals surface area contributed by atoms with E-state index >= 15 is 0 Å². The Kier molecular flexibility index (Phi) is 3.55. The maximum Gasteiger partial charge on any atom is 0.194 e. The molecule has 4 rings (SSSR count). The van der Waals surface area contributed by atoms with Crippen LogP contribution in [-0.2, 0) is 0 Å². The van der Waals surface area contributed by atoms with E-state index in [2.05, 4.69) is 0 Å². The van der Waals surface area contributed by atoms with Gasteiger partial charge in [0, 0.05) is 22.3 Å². The molecular formula is C22H14O3. The van der Waals surface area contributed by atoms with Crippen LogP contribution < -0.4 is 0 Å². The van der Waals surface area contributed by atoms with E-state index < -0.39 is 0 Å². The van der Waals surface area contributed by atoms with Crippen LogP contribution in [0.15, 0.2) is 66.7 Å². The highest BCUT2D eigenvalue weighted by Gasteiger charge is 2.28. The number of ketones is 2. The van der Waals surface area contributed by atoms with E-state index in [0.717, 1.165) is 11.1 Å². The van der Waals surface area contributed by atoms with Crippen LogP contribution in [0.4, 0.5) is 0 Å². The van der Waals surface area contributed by atoms with E-state index in [4.69, 9.17) is 0 Å². The lowest BCUT2D eigenvalue weighted by Gasteiger charge is -2.17. The molecule has 0 radical (unpaired) electrons. The van der Waals surface area contributed by atoms with Gasteiger partial charge in [-0.3, -0.25) is 9.59 Å². The van der Waals surface area contributed by atoms with Crippen LogP contribution in [0.25, 0.3) is 12.2 Å². The van der Waals surface area contributed by atoms with Crippen molar-refractivity contribution in [1.82, 2.24) is 0 Å². The van der Waals surface area contributed by atoms with Crippen molar-refractivity contribution in [1.29, 1.82) is 0 Å². The van der Waals surface area contributed by atoms with Gasteiger partial charge in [0.2, 0.25) is 0 Å². The molecule has 0 fully saturated rings.